The van der Waals surface area contributed by atoms with E-state index in [2.05, 4.69) is 5.16 Å². The molecule has 1 aliphatic rings. The number of hydrogen-bond donors (Lipinski definition) is 1. The van der Waals surface area contributed by atoms with E-state index in [9.17, 15) is 13.5 Å². The summed E-state index contributed by atoms with van der Waals surface area (Å²) in [7, 11) is -3.28. The normalized spacial score (nSPS) is 19.0. The van der Waals surface area contributed by atoms with Crippen molar-refractivity contribution in [1.82, 2.24) is 14.4 Å². The Kier molecular flexibility index (Phi) is 5.69. The van der Waals surface area contributed by atoms with Crippen molar-refractivity contribution in [3.05, 3.63) is 34.8 Å². The predicted molar refractivity (Wildman–Crippen MR) is 103 cm³/mol. The summed E-state index contributed by atoms with van der Waals surface area (Å²) < 4.78 is 32.0. The minimum absolute atomic E-state index is 0.0271. The zero-order valence-corrected chi connectivity index (χ0v) is 17.1. The van der Waals surface area contributed by atoms with Crippen molar-refractivity contribution in [3.63, 3.8) is 0 Å². The molecule has 0 amide bonds. The topological polar surface area (TPSA) is 96.5 Å². The highest BCUT2D eigenvalue weighted by Gasteiger charge is 2.32. The largest absolute Gasteiger partial charge is 0.392 e. The summed E-state index contributed by atoms with van der Waals surface area (Å²) in [5, 5.41) is 13.3. The van der Waals surface area contributed by atoms with E-state index in [1.165, 1.54) is 0 Å². The summed E-state index contributed by atoms with van der Waals surface area (Å²) in [5.74, 6) is 0.679. The molecule has 0 saturated carbocycles. The van der Waals surface area contributed by atoms with Crippen LogP contribution in [-0.4, -0.2) is 46.3 Å². The van der Waals surface area contributed by atoms with E-state index in [0.717, 1.165) is 29.8 Å². The van der Waals surface area contributed by atoms with Crippen molar-refractivity contribution < 1.29 is 18.0 Å². The van der Waals surface area contributed by atoms with Crippen molar-refractivity contribution in [2.45, 2.75) is 58.3 Å². The molecule has 1 fully saturated rings. The van der Waals surface area contributed by atoms with E-state index in [1.807, 2.05) is 26.0 Å². The Morgan fingerprint density at radius 2 is 2.07 bits per heavy atom. The Hall–Kier alpha value is -1.77. The number of nitrogens with zero attached hydrogens (tertiary/aromatic N) is 3. The third-order valence-electron chi connectivity index (χ3n) is 5.20. The molecule has 0 spiro atoms. The fraction of sp³-hybridized carbons (Fsp3) is 0.579. The van der Waals surface area contributed by atoms with Gasteiger partial charge < -0.3 is 9.63 Å². The zero-order chi connectivity index (χ0) is 19.8. The minimum atomic E-state index is -3.28. The standard InChI is InChI=1S/C19H27N3O4S/c1-12(2)27(24,25)22-9-5-6-15(10-22)17-8-7-16(11-23)19(20-17)18-13(3)21-26-14(18)4/h7-8,12,15,23H,5-6,9-11H2,1-4H3/t15-/m0/s1. The van der Waals surface area contributed by atoms with Gasteiger partial charge in [0.2, 0.25) is 10.0 Å². The molecular formula is C19H27N3O4S. The number of piperidine rings is 1. The number of aliphatic hydroxyl groups is 1. The van der Waals surface area contributed by atoms with Crippen LogP contribution >= 0.6 is 0 Å². The summed E-state index contributed by atoms with van der Waals surface area (Å²) in [6, 6.07) is 3.75. The van der Waals surface area contributed by atoms with Crippen molar-refractivity contribution in [2.24, 2.45) is 0 Å². The highest BCUT2D eigenvalue weighted by atomic mass is 32.2. The lowest BCUT2D eigenvalue weighted by Gasteiger charge is -2.33. The Morgan fingerprint density at radius 1 is 1.33 bits per heavy atom. The van der Waals surface area contributed by atoms with Crippen LogP contribution in [0.4, 0.5) is 0 Å². The van der Waals surface area contributed by atoms with Crippen LogP contribution in [-0.2, 0) is 16.6 Å². The molecule has 0 aromatic carbocycles. The van der Waals surface area contributed by atoms with Crippen molar-refractivity contribution >= 4 is 10.0 Å². The van der Waals surface area contributed by atoms with E-state index < -0.39 is 15.3 Å². The van der Waals surface area contributed by atoms with Crippen LogP contribution in [0.3, 0.4) is 0 Å². The third-order valence-corrected chi connectivity index (χ3v) is 7.44. The quantitative estimate of drug-likeness (QED) is 0.839. The molecule has 1 saturated heterocycles. The molecule has 1 atom stereocenters. The fourth-order valence-electron chi connectivity index (χ4n) is 3.61. The number of pyridine rings is 1. The Bertz CT molecular complexity index is 902. The van der Waals surface area contributed by atoms with E-state index >= 15 is 0 Å². The monoisotopic (exact) mass is 393 g/mol. The molecular weight excluding hydrogens is 366 g/mol. The van der Waals surface area contributed by atoms with Crippen LogP contribution in [0.15, 0.2) is 16.7 Å². The van der Waals surface area contributed by atoms with Gasteiger partial charge in [-0.25, -0.2) is 12.7 Å². The first-order valence-electron chi connectivity index (χ1n) is 9.28. The highest BCUT2D eigenvalue weighted by Crippen LogP contribution is 2.33. The van der Waals surface area contributed by atoms with Gasteiger partial charge >= 0.3 is 0 Å². The second-order valence-corrected chi connectivity index (χ2v) is 9.88. The first-order valence-corrected chi connectivity index (χ1v) is 10.8. The van der Waals surface area contributed by atoms with Gasteiger partial charge in [0.15, 0.2) is 0 Å². The number of aromatic nitrogens is 2. The van der Waals surface area contributed by atoms with Crippen LogP contribution in [0.2, 0.25) is 0 Å². The molecule has 0 radical (unpaired) electrons. The first-order chi connectivity index (χ1) is 12.8. The maximum atomic E-state index is 12.6. The summed E-state index contributed by atoms with van der Waals surface area (Å²) >= 11 is 0. The lowest BCUT2D eigenvalue weighted by molar-refractivity contribution is 0.281. The number of aliphatic hydroxyl groups excluding tert-OH is 1. The van der Waals surface area contributed by atoms with Crippen LogP contribution in [0.5, 0.6) is 0 Å². The van der Waals surface area contributed by atoms with Gasteiger partial charge in [-0.3, -0.25) is 4.98 Å². The molecule has 2 aromatic rings. The molecule has 3 rings (SSSR count). The summed E-state index contributed by atoms with van der Waals surface area (Å²) in [5.41, 5.74) is 3.72. The lowest BCUT2D eigenvalue weighted by Crippen LogP contribution is -2.42. The van der Waals surface area contributed by atoms with Crippen molar-refractivity contribution in [2.75, 3.05) is 13.1 Å². The number of aryl methyl sites for hydroxylation is 2. The van der Waals surface area contributed by atoms with E-state index in [0.29, 0.717) is 30.1 Å². The van der Waals surface area contributed by atoms with Gasteiger partial charge in [-0.05, 0) is 46.6 Å². The summed E-state index contributed by atoms with van der Waals surface area (Å²) in [6.45, 7) is 7.95. The summed E-state index contributed by atoms with van der Waals surface area (Å²) in [6.07, 6.45) is 1.69. The number of sulfonamides is 1. The first kappa shape index (κ1) is 20.0. The molecule has 1 aliphatic heterocycles. The minimum Gasteiger partial charge on any atom is -0.392 e. The van der Waals surface area contributed by atoms with Gasteiger partial charge in [-0.1, -0.05) is 11.2 Å². The Balaban J connectivity index is 1.97. The van der Waals surface area contributed by atoms with E-state index in [-0.39, 0.29) is 12.5 Å². The van der Waals surface area contributed by atoms with Gasteiger partial charge in [0.25, 0.3) is 0 Å². The van der Waals surface area contributed by atoms with Crippen LogP contribution in [0.25, 0.3) is 11.3 Å². The summed E-state index contributed by atoms with van der Waals surface area (Å²) in [4.78, 5) is 4.81. The Morgan fingerprint density at radius 3 is 2.67 bits per heavy atom. The molecule has 0 unspecified atom stereocenters. The molecule has 0 bridgehead atoms. The van der Waals surface area contributed by atoms with Crippen molar-refractivity contribution in [3.8, 4) is 11.3 Å². The van der Waals surface area contributed by atoms with Gasteiger partial charge in [0.05, 0.1) is 28.8 Å². The van der Waals surface area contributed by atoms with Gasteiger partial charge in [0.1, 0.15) is 5.76 Å². The average molecular weight is 394 g/mol. The molecule has 27 heavy (non-hydrogen) atoms. The Labute approximate surface area is 160 Å². The van der Waals surface area contributed by atoms with Gasteiger partial charge in [-0.2, -0.15) is 0 Å². The fourth-order valence-corrected chi connectivity index (χ4v) is 4.98. The second-order valence-electron chi connectivity index (χ2n) is 7.39. The van der Waals surface area contributed by atoms with E-state index in [4.69, 9.17) is 9.51 Å². The molecule has 0 aliphatic carbocycles. The molecule has 2 aromatic heterocycles. The SMILES string of the molecule is Cc1noc(C)c1-c1nc([C@H]2CCCN(S(=O)(=O)C(C)C)C2)ccc1CO. The second kappa shape index (κ2) is 7.69. The number of hydrogen-bond acceptors (Lipinski definition) is 6. The molecule has 8 heteroatoms. The molecule has 3 heterocycles. The van der Waals surface area contributed by atoms with Crippen molar-refractivity contribution in [1.29, 1.82) is 0 Å². The number of rotatable bonds is 5. The average Bonchev–Trinajstić information content (AvgIpc) is 2.99. The van der Waals surface area contributed by atoms with Gasteiger partial charge in [-0.15, -0.1) is 0 Å². The van der Waals surface area contributed by atoms with Crippen LogP contribution in [0.1, 0.15) is 55.3 Å². The van der Waals surface area contributed by atoms with Crippen LogP contribution < -0.4 is 0 Å². The van der Waals surface area contributed by atoms with E-state index in [1.54, 1.807) is 18.2 Å². The maximum absolute atomic E-state index is 12.6. The molecule has 148 valence electrons. The molecule has 1 N–H and O–H groups in total. The molecule has 7 nitrogen and oxygen atoms in total. The zero-order valence-electron chi connectivity index (χ0n) is 16.3. The lowest BCUT2D eigenvalue weighted by atomic mass is 9.94. The highest BCUT2D eigenvalue weighted by molar-refractivity contribution is 7.89. The van der Waals surface area contributed by atoms with Crippen LogP contribution in [0, 0.1) is 13.8 Å². The van der Waals surface area contributed by atoms with Gasteiger partial charge in [0, 0.05) is 30.3 Å². The predicted octanol–water partition coefficient (Wildman–Crippen LogP) is 2.76. The smallest absolute Gasteiger partial charge is 0.216 e. The maximum Gasteiger partial charge on any atom is 0.216 e. The third kappa shape index (κ3) is 3.79.